The van der Waals surface area contributed by atoms with Crippen LogP contribution in [0, 0.1) is 0 Å². The predicted octanol–water partition coefficient (Wildman–Crippen LogP) is 1.56. The molecule has 1 atom stereocenters. The first-order chi connectivity index (χ1) is 8.04. The van der Waals surface area contributed by atoms with Crippen molar-refractivity contribution < 1.29 is 9.53 Å². The lowest BCUT2D eigenvalue weighted by Gasteiger charge is -2.15. The normalized spacial score (nSPS) is 12.0. The number of hydrogen-bond acceptors (Lipinski definition) is 3. The summed E-state index contributed by atoms with van der Waals surface area (Å²) >= 11 is 0. The number of carbonyl (C=O) groups excluding carboxylic acids is 1. The Hall–Kier alpha value is -1.55. The summed E-state index contributed by atoms with van der Waals surface area (Å²) in [5.74, 6) is 0.663. The van der Waals surface area contributed by atoms with Gasteiger partial charge in [0.05, 0.1) is 0 Å². The van der Waals surface area contributed by atoms with E-state index in [9.17, 15) is 4.79 Å². The molecule has 0 radical (unpaired) electrons. The van der Waals surface area contributed by atoms with E-state index in [1.807, 2.05) is 38.1 Å². The molecule has 0 unspecified atom stereocenters. The minimum absolute atomic E-state index is 0.0110. The molecule has 1 aromatic carbocycles. The molecule has 0 aromatic heterocycles. The molecule has 2 N–H and O–H groups in total. The van der Waals surface area contributed by atoms with Gasteiger partial charge in [-0.1, -0.05) is 12.1 Å². The van der Waals surface area contributed by atoms with Gasteiger partial charge in [-0.25, -0.2) is 0 Å². The van der Waals surface area contributed by atoms with Gasteiger partial charge in [0.1, 0.15) is 5.75 Å². The molecule has 1 aromatic rings. The quantitative estimate of drug-likeness (QED) is 0.844. The Kier molecular flexibility index (Phi) is 4.97. The van der Waals surface area contributed by atoms with Crippen molar-refractivity contribution in [2.45, 2.75) is 19.9 Å². The van der Waals surface area contributed by atoms with Crippen molar-refractivity contribution in [1.82, 2.24) is 4.90 Å². The van der Waals surface area contributed by atoms with E-state index < -0.39 is 0 Å². The predicted molar refractivity (Wildman–Crippen MR) is 67.9 cm³/mol. The Labute approximate surface area is 102 Å². The van der Waals surface area contributed by atoms with Crippen LogP contribution in [-0.4, -0.2) is 31.0 Å². The van der Waals surface area contributed by atoms with Gasteiger partial charge in [0.15, 0.2) is 6.61 Å². The van der Waals surface area contributed by atoms with E-state index in [4.69, 9.17) is 10.5 Å². The van der Waals surface area contributed by atoms with E-state index >= 15 is 0 Å². The maximum absolute atomic E-state index is 11.5. The number of amides is 1. The van der Waals surface area contributed by atoms with E-state index in [-0.39, 0.29) is 18.6 Å². The molecule has 0 aliphatic heterocycles. The molecule has 0 aliphatic carbocycles. The third-order valence-corrected chi connectivity index (χ3v) is 2.67. The summed E-state index contributed by atoms with van der Waals surface area (Å²) in [4.78, 5) is 13.1. The zero-order valence-corrected chi connectivity index (χ0v) is 10.6. The Bertz CT molecular complexity index is 360. The van der Waals surface area contributed by atoms with Crippen molar-refractivity contribution in [2.24, 2.45) is 5.73 Å². The maximum Gasteiger partial charge on any atom is 0.260 e. The van der Waals surface area contributed by atoms with Gasteiger partial charge < -0.3 is 15.4 Å². The highest BCUT2D eigenvalue weighted by Gasteiger charge is 2.07. The van der Waals surface area contributed by atoms with Crippen LogP contribution in [0.3, 0.4) is 0 Å². The van der Waals surface area contributed by atoms with Crippen LogP contribution in [0.5, 0.6) is 5.75 Å². The zero-order valence-electron chi connectivity index (χ0n) is 10.6. The van der Waals surface area contributed by atoms with E-state index in [0.717, 1.165) is 5.56 Å². The monoisotopic (exact) mass is 236 g/mol. The summed E-state index contributed by atoms with van der Waals surface area (Å²) in [5, 5.41) is 0. The first kappa shape index (κ1) is 13.5. The van der Waals surface area contributed by atoms with Crippen LogP contribution in [0.2, 0.25) is 0 Å². The number of hydrogen-bond donors (Lipinski definition) is 1. The second-order valence-corrected chi connectivity index (χ2v) is 4.05. The number of benzene rings is 1. The van der Waals surface area contributed by atoms with Crippen molar-refractivity contribution in [3.05, 3.63) is 29.8 Å². The number of carbonyl (C=O) groups is 1. The third kappa shape index (κ3) is 4.07. The van der Waals surface area contributed by atoms with Crippen LogP contribution in [-0.2, 0) is 4.79 Å². The van der Waals surface area contributed by atoms with Gasteiger partial charge >= 0.3 is 0 Å². The highest BCUT2D eigenvalue weighted by Crippen LogP contribution is 2.15. The lowest BCUT2D eigenvalue weighted by atomic mass is 10.1. The molecule has 1 rings (SSSR count). The molecule has 0 heterocycles. The summed E-state index contributed by atoms with van der Waals surface area (Å²) < 4.78 is 5.39. The van der Waals surface area contributed by atoms with Gasteiger partial charge in [-0.2, -0.15) is 0 Å². The summed E-state index contributed by atoms with van der Waals surface area (Å²) in [5.41, 5.74) is 6.79. The van der Waals surface area contributed by atoms with Crippen molar-refractivity contribution in [1.29, 1.82) is 0 Å². The van der Waals surface area contributed by atoms with Crippen LogP contribution < -0.4 is 10.5 Å². The van der Waals surface area contributed by atoms with Crippen LogP contribution in [0.1, 0.15) is 25.5 Å². The minimum Gasteiger partial charge on any atom is -0.484 e. The largest absolute Gasteiger partial charge is 0.484 e. The van der Waals surface area contributed by atoms with Crippen molar-refractivity contribution in [3.63, 3.8) is 0 Å². The van der Waals surface area contributed by atoms with Crippen LogP contribution in [0.15, 0.2) is 24.3 Å². The number of nitrogens with zero attached hydrogens (tertiary/aromatic N) is 1. The lowest BCUT2D eigenvalue weighted by Crippen LogP contribution is -2.31. The lowest BCUT2D eigenvalue weighted by molar-refractivity contribution is -0.131. The summed E-state index contributed by atoms with van der Waals surface area (Å²) in [6.07, 6.45) is 0. The van der Waals surface area contributed by atoms with Crippen LogP contribution in [0.4, 0.5) is 0 Å². The van der Waals surface area contributed by atoms with Crippen molar-refractivity contribution in [2.75, 3.05) is 20.2 Å². The van der Waals surface area contributed by atoms with E-state index in [2.05, 4.69) is 0 Å². The summed E-state index contributed by atoms with van der Waals surface area (Å²) in [6, 6.07) is 7.50. The maximum atomic E-state index is 11.5. The van der Waals surface area contributed by atoms with Gasteiger partial charge in [-0.05, 0) is 31.5 Å². The standard InChI is InChI=1S/C13H20N2O2/c1-4-15(3)13(16)9-17-12-7-5-11(6-8-12)10(2)14/h5-8,10H,4,9,14H2,1-3H3/t10-/m0/s1. The fraction of sp³-hybridized carbons (Fsp3) is 0.462. The molecule has 17 heavy (non-hydrogen) atoms. The molecule has 94 valence electrons. The fourth-order valence-electron chi connectivity index (χ4n) is 1.30. The van der Waals surface area contributed by atoms with Gasteiger partial charge in [0.25, 0.3) is 5.91 Å². The molecular weight excluding hydrogens is 216 g/mol. The molecular formula is C13H20N2O2. The Morgan fingerprint density at radius 3 is 2.47 bits per heavy atom. The van der Waals surface area contributed by atoms with Crippen molar-refractivity contribution in [3.8, 4) is 5.75 Å². The molecule has 0 bridgehead atoms. The molecule has 0 spiro atoms. The van der Waals surface area contributed by atoms with Gasteiger partial charge in [0, 0.05) is 19.6 Å². The SMILES string of the molecule is CCN(C)C(=O)COc1ccc([C@H](C)N)cc1. The Balaban J connectivity index is 2.50. The Morgan fingerprint density at radius 1 is 1.41 bits per heavy atom. The third-order valence-electron chi connectivity index (χ3n) is 2.67. The average molecular weight is 236 g/mol. The molecule has 1 amide bonds. The Morgan fingerprint density at radius 2 is 2.00 bits per heavy atom. The van der Waals surface area contributed by atoms with E-state index in [1.54, 1.807) is 11.9 Å². The summed E-state index contributed by atoms with van der Waals surface area (Å²) in [7, 11) is 1.75. The fourth-order valence-corrected chi connectivity index (χ4v) is 1.30. The zero-order chi connectivity index (χ0) is 12.8. The molecule has 4 nitrogen and oxygen atoms in total. The second kappa shape index (κ2) is 6.25. The molecule has 4 heteroatoms. The molecule has 0 aliphatic rings. The van der Waals surface area contributed by atoms with Gasteiger partial charge in [0.2, 0.25) is 0 Å². The molecule has 0 saturated carbocycles. The number of nitrogens with two attached hydrogens (primary N) is 1. The highest BCUT2D eigenvalue weighted by atomic mass is 16.5. The number of likely N-dealkylation sites (N-methyl/N-ethyl adjacent to an activating group) is 1. The minimum atomic E-state index is -0.0243. The average Bonchev–Trinajstić information content (AvgIpc) is 2.35. The van der Waals surface area contributed by atoms with E-state index in [1.165, 1.54) is 0 Å². The van der Waals surface area contributed by atoms with Gasteiger partial charge in [-0.3, -0.25) is 4.79 Å². The van der Waals surface area contributed by atoms with Crippen molar-refractivity contribution >= 4 is 5.91 Å². The first-order valence-corrected chi connectivity index (χ1v) is 5.77. The topological polar surface area (TPSA) is 55.6 Å². The number of rotatable bonds is 5. The first-order valence-electron chi connectivity index (χ1n) is 5.77. The smallest absolute Gasteiger partial charge is 0.260 e. The van der Waals surface area contributed by atoms with Crippen LogP contribution >= 0.6 is 0 Å². The second-order valence-electron chi connectivity index (χ2n) is 4.05. The van der Waals surface area contributed by atoms with Crippen LogP contribution in [0.25, 0.3) is 0 Å². The summed E-state index contributed by atoms with van der Waals surface area (Å²) in [6.45, 7) is 4.61. The highest BCUT2D eigenvalue weighted by molar-refractivity contribution is 5.77. The van der Waals surface area contributed by atoms with Gasteiger partial charge in [-0.15, -0.1) is 0 Å². The molecule has 0 saturated heterocycles. The van der Waals surface area contributed by atoms with E-state index in [0.29, 0.717) is 12.3 Å². The number of ether oxygens (including phenoxy) is 1. The molecule has 0 fully saturated rings.